The number of ether oxygens (including phenoxy) is 2. The Balaban J connectivity index is 1.50. The molecule has 4 rings (SSSR count). The molecule has 6 nitrogen and oxygen atoms in total. The molecule has 0 bridgehead atoms. The average molecular weight is 572 g/mol. The molecule has 1 heterocycles. The van der Waals surface area contributed by atoms with Crippen LogP contribution in [0.1, 0.15) is 23.1 Å². The lowest BCUT2D eigenvalue weighted by Crippen LogP contribution is -2.48. The smallest absolute Gasteiger partial charge is 0.251 e. The minimum absolute atomic E-state index is 0.0882. The zero-order chi connectivity index (χ0) is 25.4. The Labute approximate surface area is 224 Å². The molecule has 0 aliphatic carbocycles. The van der Waals surface area contributed by atoms with Gasteiger partial charge in [-0.2, -0.15) is 0 Å². The third-order valence-corrected chi connectivity index (χ3v) is 6.66. The van der Waals surface area contributed by atoms with Crippen molar-refractivity contribution in [2.45, 2.75) is 24.8 Å². The highest BCUT2D eigenvalue weighted by Gasteiger charge is 2.44. The SMILES string of the molecule is O=C(NCCc1ccc(Cl)cc1)[C@@]1(Cc2ccc(Br)cc2)COC(c2ccc(OCCCO)cc2)=N1. The van der Waals surface area contributed by atoms with Crippen LogP contribution >= 0.6 is 27.5 Å². The van der Waals surface area contributed by atoms with E-state index < -0.39 is 5.54 Å². The van der Waals surface area contributed by atoms with Crippen molar-refractivity contribution in [3.63, 3.8) is 0 Å². The van der Waals surface area contributed by atoms with Crippen molar-refractivity contribution in [1.29, 1.82) is 0 Å². The fraction of sp³-hybridized carbons (Fsp3) is 0.286. The van der Waals surface area contributed by atoms with Gasteiger partial charge in [0.25, 0.3) is 5.91 Å². The summed E-state index contributed by atoms with van der Waals surface area (Å²) in [6.45, 7) is 1.16. The molecule has 1 amide bonds. The van der Waals surface area contributed by atoms with E-state index in [0.29, 0.717) is 49.1 Å². The topological polar surface area (TPSA) is 80.2 Å². The van der Waals surface area contributed by atoms with Crippen LogP contribution in [0.25, 0.3) is 0 Å². The number of hydrogen-bond acceptors (Lipinski definition) is 5. The molecular formula is C28H28BrClN2O4. The zero-order valence-electron chi connectivity index (χ0n) is 19.8. The van der Waals surface area contributed by atoms with Crippen LogP contribution in [-0.4, -0.2) is 48.8 Å². The first-order valence-corrected chi connectivity index (χ1v) is 13.0. The van der Waals surface area contributed by atoms with Crippen LogP contribution in [0.5, 0.6) is 5.75 Å². The van der Waals surface area contributed by atoms with Gasteiger partial charge in [-0.05, 0) is 66.1 Å². The van der Waals surface area contributed by atoms with E-state index in [9.17, 15) is 4.79 Å². The lowest BCUT2D eigenvalue weighted by Gasteiger charge is -2.23. The maximum atomic E-state index is 13.5. The summed E-state index contributed by atoms with van der Waals surface area (Å²) in [7, 11) is 0. The van der Waals surface area contributed by atoms with Gasteiger partial charge in [-0.25, -0.2) is 4.99 Å². The summed E-state index contributed by atoms with van der Waals surface area (Å²) < 4.78 is 12.6. The van der Waals surface area contributed by atoms with Gasteiger partial charge in [0, 0.05) is 41.1 Å². The molecule has 188 valence electrons. The van der Waals surface area contributed by atoms with Crippen LogP contribution in [0.2, 0.25) is 5.02 Å². The minimum Gasteiger partial charge on any atom is -0.494 e. The monoisotopic (exact) mass is 570 g/mol. The molecule has 36 heavy (non-hydrogen) atoms. The van der Waals surface area contributed by atoms with E-state index in [1.165, 1.54) is 0 Å². The van der Waals surface area contributed by atoms with E-state index in [0.717, 1.165) is 21.2 Å². The molecule has 0 spiro atoms. The van der Waals surface area contributed by atoms with Gasteiger partial charge < -0.3 is 19.9 Å². The van der Waals surface area contributed by atoms with Crippen molar-refractivity contribution in [2.75, 3.05) is 26.4 Å². The van der Waals surface area contributed by atoms with Crippen LogP contribution < -0.4 is 10.1 Å². The highest BCUT2D eigenvalue weighted by atomic mass is 79.9. The summed E-state index contributed by atoms with van der Waals surface area (Å²) in [6.07, 6.45) is 1.68. The molecule has 1 aliphatic rings. The summed E-state index contributed by atoms with van der Waals surface area (Å²) in [6, 6.07) is 22.9. The summed E-state index contributed by atoms with van der Waals surface area (Å²) in [5.74, 6) is 0.965. The molecule has 8 heteroatoms. The molecule has 1 aliphatic heterocycles. The average Bonchev–Trinajstić information content (AvgIpc) is 3.32. The van der Waals surface area contributed by atoms with E-state index in [-0.39, 0.29) is 19.1 Å². The number of carbonyl (C=O) groups excluding carboxylic acids is 1. The number of rotatable bonds is 11. The van der Waals surface area contributed by atoms with Gasteiger partial charge in [-0.15, -0.1) is 0 Å². The Kier molecular flexibility index (Phi) is 9.02. The van der Waals surface area contributed by atoms with Crippen molar-refractivity contribution in [2.24, 2.45) is 4.99 Å². The largest absolute Gasteiger partial charge is 0.494 e. The van der Waals surface area contributed by atoms with Gasteiger partial charge in [-0.1, -0.05) is 51.8 Å². The molecule has 0 radical (unpaired) electrons. The van der Waals surface area contributed by atoms with Gasteiger partial charge in [0.05, 0.1) is 6.61 Å². The third kappa shape index (κ3) is 6.87. The second-order valence-electron chi connectivity index (χ2n) is 8.62. The molecule has 2 N–H and O–H groups in total. The van der Waals surface area contributed by atoms with Crippen LogP contribution in [-0.2, 0) is 22.4 Å². The number of aliphatic imine (C=N–C) groups is 1. The minimum atomic E-state index is -1.07. The number of carbonyl (C=O) groups is 1. The third-order valence-electron chi connectivity index (χ3n) is 5.88. The number of halogens is 2. The van der Waals surface area contributed by atoms with E-state index in [1.807, 2.05) is 72.8 Å². The van der Waals surface area contributed by atoms with Gasteiger partial charge in [0.15, 0.2) is 5.54 Å². The summed E-state index contributed by atoms with van der Waals surface area (Å²) in [5.41, 5.74) is 1.79. The molecule has 3 aromatic carbocycles. The summed E-state index contributed by atoms with van der Waals surface area (Å²) in [5, 5.41) is 12.7. The number of nitrogens with one attached hydrogen (secondary N) is 1. The molecule has 0 saturated carbocycles. The van der Waals surface area contributed by atoms with Crippen LogP contribution in [0.15, 0.2) is 82.3 Å². The molecule has 0 fully saturated rings. The lowest BCUT2D eigenvalue weighted by molar-refractivity contribution is -0.126. The van der Waals surface area contributed by atoms with E-state index in [4.69, 9.17) is 31.2 Å². The van der Waals surface area contributed by atoms with Crippen molar-refractivity contribution >= 4 is 39.3 Å². The Morgan fingerprint density at radius 2 is 1.75 bits per heavy atom. The van der Waals surface area contributed by atoms with Crippen LogP contribution in [0.3, 0.4) is 0 Å². The predicted octanol–water partition coefficient (Wildman–Crippen LogP) is 4.98. The first kappa shape index (κ1) is 26.2. The second-order valence-corrected chi connectivity index (χ2v) is 9.97. The number of nitrogens with zero attached hydrogens (tertiary/aromatic N) is 1. The number of aliphatic hydroxyl groups excluding tert-OH is 1. The van der Waals surface area contributed by atoms with Crippen LogP contribution in [0.4, 0.5) is 0 Å². The van der Waals surface area contributed by atoms with Crippen molar-refractivity contribution < 1.29 is 19.4 Å². The summed E-state index contributed by atoms with van der Waals surface area (Å²) >= 11 is 9.44. The first-order valence-electron chi connectivity index (χ1n) is 11.8. The summed E-state index contributed by atoms with van der Waals surface area (Å²) in [4.78, 5) is 18.3. The normalized spacial score (nSPS) is 16.8. The molecule has 1 atom stereocenters. The Hall–Kier alpha value is -2.87. The van der Waals surface area contributed by atoms with Crippen molar-refractivity contribution in [1.82, 2.24) is 5.32 Å². The highest BCUT2D eigenvalue weighted by Crippen LogP contribution is 2.28. The standard InChI is InChI=1S/C28H28BrClN2O4/c29-23-8-2-21(3-9-23)18-28(27(34)31-15-14-20-4-10-24(30)11-5-20)19-36-26(32-28)22-6-12-25(13-7-22)35-17-1-16-33/h2-13,33H,1,14-19H2,(H,31,34)/t28-/m1/s1. The van der Waals surface area contributed by atoms with E-state index >= 15 is 0 Å². The van der Waals surface area contributed by atoms with Gasteiger partial charge >= 0.3 is 0 Å². The Morgan fingerprint density at radius 1 is 1.06 bits per heavy atom. The molecule has 0 aromatic heterocycles. The number of aliphatic hydroxyl groups is 1. The number of hydrogen-bond donors (Lipinski definition) is 2. The van der Waals surface area contributed by atoms with Gasteiger partial charge in [0.2, 0.25) is 5.90 Å². The molecular weight excluding hydrogens is 544 g/mol. The van der Waals surface area contributed by atoms with E-state index in [1.54, 1.807) is 0 Å². The highest BCUT2D eigenvalue weighted by molar-refractivity contribution is 9.10. The predicted molar refractivity (Wildman–Crippen MR) is 145 cm³/mol. The number of benzene rings is 3. The first-order chi connectivity index (χ1) is 17.5. The number of amides is 1. The van der Waals surface area contributed by atoms with Gasteiger partial charge in [0.1, 0.15) is 12.4 Å². The van der Waals surface area contributed by atoms with Crippen LogP contribution in [0, 0.1) is 0 Å². The molecule has 0 saturated heterocycles. The van der Waals surface area contributed by atoms with Crippen molar-refractivity contribution in [3.05, 3.63) is 99.0 Å². The maximum Gasteiger partial charge on any atom is 0.251 e. The molecule has 0 unspecified atom stereocenters. The van der Waals surface area contributed by atoms with Crippen molar-refractivity contribution in [3.8, 4) is 5.75 Å². The maximum absolute atomic E-state index is 13.5. The fourth-order valence-electron chi connectivity index (χ4n) is 3.91. The lowest BCUT2D eigenvalue weighted by atomic mass is 9.91. The Morgan fingerprint density at radius 3 is 2.44 bits per heavy atom. The Bertz CT molecular complexity index is 1180. The fourth-order valence-corrected chi connectivity index (χ4v) is 4.30. The second kappa shape index (κ2) is 12.4. The zero-order valence-corrected chi connectivity index (χ0v) is 22.1. The van der Waals surface area contributed by atoms with E-state index in [2.05, 4.69) is 21.2 Å². The van der Waals surface area contributed by atoms with Gasteiger partial charge in [-0.3, -0.25) is 4.79 Å². The quantitative estimate of drug-likeness (QED) is 0.318. The molecule has 3 aromatic rings.